The van der Waals surface area contributed by atoms with Crippen LogP contribution in [0.3, 0.4) is 0 Å². The first kappa shape index (κ1) is 22.7. The summed E-state index contributed by atoms with van der Waals surface area (Å²) < 4.78 is 20.7. The van der Waals surface area contributed by atoms with Crippen LogP contribution in [0, 0.1) is 19.3 Å². The number of nitrogens with zero attached hydrogens (tertiary/aromatic N) is 5. The van der Waals surface area contributed by atoms with Gasteiger partial charge in [0.05, 0.1) is 5.69 Å². The number of aryl methyl sites for hydroxylation is 1. The first-order valence-electron chi connectivity index (χ1n) is 11.6. The SMILES string of the molecule is [C-]#[N+]c1ncc(N2C(=O)C3(CCC3)N(c3ccc(OCCN4CCCC4)c(F)c3)C2=S)cc1C. The quantitative estimate of drug-likeness (QED) is 0.445. The fourth-order valence-electron chi connectivity index (χ4n) is 5.04. The maximum absolute atomic E-state index is 15.0. The van der Waals surface area contributed by atoms with Crippen LogP contribution in [0.1, 0.15) is 37.7 Å². The minimum atomic E-state index is -0.811. The molecule has 5 rings (SSSR count). The summed E-state index contributed by atoms with van der Waals surface area (Å²) in [6.45, 7) is 12.3. The van der Waals surface area contributed by atoms with Crippen molar-refractivity contribution in [3.63, 3.8) is 0 Å². The Balaban J connectivity index is 1.39. The van der Waals surface area contributed by atoms with E-state index in [9.17, 15) is 4.79 Å². The molecular weight excluding hydrogens is 453 g/mol. The highest BCUT2D eigenvalue weighted by molar-refractivity contribution is 7.81. The molecular formula is C25H26FN5O2S. The highest BCUT2D eigenvalue weighted by Crippen LogP contribution is 2.48. The molecule has 2 aromatic rings. The second-order valence-electron chi connectivity index (χ2n) is 9.10. The Kier molecular flexibility index (Phi) is 5.96. The van der Waals surface area contributed by atoms with E-state index in [2.05, 4.69) is 14.7 Å². The number of thiocarbonyl (C=S) groups is 1. The number of hydrogen-bond donors (Lipinski definition) is 0. The first-order chi connectivity index (χ1) is 16.4. The molecule has 3 fully saturated rings. The topological polar surface area (TPSA) is 53.3 Å². The van der Waals surface area contributed by atoms with Crippen LogP contribution in [0.25, 0.3) is 4.85 Å². The number of aromatic nitrogens is 1. The molecule has 0 atom stereocenters. The zero-order valence-corrected chi connectivity index (χ0v) is 19.9. The summed E-state index contributed by atoms with van der Waals surface area (Å²) >= 11 is 5.75. The van der Waals surface area contributed by atoms with E-state index in [1.165, 1.54) is 30.0 Å². The average molecular weight is 480 g/mol. The van der Waals surface area contributed by atoms with Crippen molar-refractivity contribution in [1.82, 2.24) is 9.88 Å². The fraction of sp³-hybridized carbons (Fsp3) is 0.440. The number of benzene rings is 1. The van der Waals surface area contributed by atoms with Gasteiger partial charge in [0.25, 0.3) is 11.7 Å². The number of carbonyl (C=O) groups is 1. The van der Waals surface area contributed by atoms with E-state index in [-0.39, 0.29) is 11.7 Å². The number of rotatable bonds is 6. The van der Waals surface area contributed by atoms with Gasteiger partial charge in [-0.15, -0.1) is 4.98 Å². The molecule has 1 aromatic heterocycles. The number of carbonyl (C=O) groups excluding carboxylic acids is 1. The molecule has 0 N–H and O–H groups in total. The second-order valence-corrected chi connectivity index (χ2v) is 9.47. The first-order valence-corrected chi connectivity index (χ1v) is 12.0. The van der Waals surface area contributed by atoms with Crippen molar-refractivity contribution in [3.8, 4) is 5.75 Å². The molecule has 2 saturated heterocycles. The normalized spacial score (nSPS) is 19.6. The number of pyridine rings is 1. The van der Waals surface area contributed by atoms with Gasteiger partial charge in [0.2, 0.25) is 0 Å². The van der Waals surface area contributed by atoms with E-state index in [4.69, 9.17) is 23.5 Å². The van der Waals surface area contributed by atoms with Crippen molar-refractivity contribution in [3.05, 3.63) is 53.3 Å². The number of likely N-dealkylation sites (tertiary alicyclic amines) is 1. The number of anilines is 2. The van der Waals surface area contributed by atoms with Crippen molar-refractivity contribution in [2.24, 2.45) is 0 Å². The van der Waals surface area contributed by atoms with Gasteiger partial charge in [0.1, 0.15) is 18.3 Å². The highest BCUT2D eigenvalue weighted by atomic mass is 32.1. The van der Waals surface area contributed by atoms with Gasteiger partial charge in [0, 0.05) is 18.3 Å². The molecule has 0 bridgehead atoms. The summed E-state index contributed by atoms with van der Waals surface area (Å²) in [5.74, 6) is -0.111. The van der Waals surface area contributed by atoms with E-state index in [0.717, 1.165) is 26.1 Å². The van der Waals surface area contributed by atoms with Crippen LogP contribution in [0.2, 0.25) is 0 Å². The predicted octanol–water partition coefficient (Wildman–Crippen LogP) is 4.62. The van der Waals surface area contributed by atoms with Crippen LogP contribution in [0.15, 0.2) is 30.5 Å². The molecule has 1 aliphatic carbocycles. The lowest BCUT2D eigenvalue weighted by molar-refractivity contribution is -0.123. The standard InChI is InChI=1S/C25H26FN5O2S/c1-17-14-19(16-28-22(17)27-2)30-23(32)25(8-5-9-25)31(24(30)34)18-6-7-21(20(26)15-18)33-13-12-29-10-3-4-11-29/h6-7,14-16H,3-5,8-13H2,1H3. The van der Waals surface area contributed by atoms with Crippen molar-refractivity contribution < 1.29 is 13.9 Å². The zero-order valence-electron chi connectivity index (χ0n) is 19.1. The summed E-state index contributed by atoms with van der Waals surface area (Å²) in [7, 11) is 0. The lowest BCUT2D eigenvalue weighted by Gasteiger charge is -2.43. The molecule has 1 amide bonds. The molecule has 1 aromatic carbocycles. The van der Waals surface area contributed by atoms with Gasteiger partial charge in [-0.2, -0.15) is 0 Å². The summed E-state index contributed by atoms with van der Waals surface area (Å²) in [5.41, 5.74) is 0.919. The number of amides is 1. The Bertz CT molecular complexity index is 1190. The van der Waals surface area contributed by atoms with E-state index >= 15 is 4.39 Å². The Morgan fingerprint density at radius 2 is 1.97 bits per heavy atom. The molecule has 3 heterocycles. The van der Waals surface area contributed by atoms with E-state index in [0.29, 0.717) is 47.3 Å². The third-order valence-corrected chi connectivity index (χ3v) is 7.40. The average Bonchev–Trinajstić information content (AvgIpc) is 3.38. The molecule has 176 valence electrons. The molecule has 0 radical (unpaired) electrons. The van der Waals surface area contributed by atoms with Gasteiger partial charge < -0.3 is 14.5 Å². The minimum absolute atomic E-state index is 0.133. The molecule has 34 heavy (non-hydrogen) atoms. The minimum Gasteiger partial charge on any atom is -0.489 e. The van der Waals surface area contributed by atoms with Crippen molar-refractivity contribution in [1.29, 1.82) is 0 Å². The van der Waals surface area contributed by atoms with Gasteiger partial charge in [-0.1, -0.05) is 6.57 Å². The van der Waals surface area contributed by atoms with Gasteiger partial charge in [0.15, 0.2) is 16.7 Å². The molecule has 2 aliphatic heterocycles. The third kappa shape index (κ3) is 3.71. The smallest absolute Gasteiger partial charge is 0.272 e. The molecule has 7 nitrogen and oxygen atoms in total. The maximum atomic E-state index is 15.0. The Labute approximate surface area is 203 Å². The Morgan fingerprint density at radius 1 is 1.21 bits per heavy atom. The summed E-state index contributed by atoms with van der Waals surface area (Å²) in [4.78, 5) is 26.7. The number of ether oxygens (including phenoxy) is 1. The van der Waals surface area contributed by atoms with E-state index in [1.54, 1.807) is 30.0 Å². The molecule has 9 heteroatoms. The van der Waals surface area contributed by atoms with Crippen LogP contribution < -0.4 is 14.5 Å². The third-order valence-electron chi connectivity index (χ3n) is 7.03. The van der Waals surface area contributed by atoms with Gasteiger partial charge >= 0.3 is 0 Å². The van der Waals surface area contributed by atoms with Crippen LogP contribution in [0.4, 0.5) is 21.6 Å². The van der Waals surface area contributed by atoms with Crippen molar-refractivity contribution >= 4 is 40.4 Å². The summed E-state index contributed by atoms with van der Waals surface area (Å²) in [5, 5.41) is 0.295. The van der Waals surface area contributed by atoms with Crippen LogP contribution in [0.5, 0.6) is 5.75 Å². The molecule has 1 spiro atoms. The maximum Gasteiger partial charge on any atom is 0.272 e. The fourth-order valence-corrected chi connectivity index (χ4v) is 5.51. The van der Waals surface area contributed by atoms with Crippen LogP contribution in [-0.4, -0.2) is 52.7 Å². The van der Waals surface area contributed by atoms with Crippen molar-refractivity contribution in [2.45, 2.75) is 44.6 Å². The second kappa shape index (κ2) is 8.93. The Hall–Kier alpha value is -3.09. The molecule has 3 aliphatic rings. The van der Waals surface area contributed by atoms with E-state index in [1.807, 2.05) is 0 Å². The zero-order chi connectivity index (χ0) is 23.9. The van der Waals surface area contributed by atoms with Gasteiger partial charge in [-0.25, -0.2) is 4.39 Å². The lowest BCUT2D eigenvalue weighted by atomic mass is 9.75. The molecule has 1 saturated carbocycles. The van der Waals surface area contributed by atoms with Crippen molar-refractivity contribution in [2.75, 3.05) is 36.0 Å². The summed E-state index contributed by atoms with van der Waals surface area (Å²) in [6.07, 6.45) is 6.09. The van der Waals surface area contributed by atoms with E-state index < -0.39 is 11.4 Å². The highest BCUT2D eigenvalue weighted by Gasteiger charge is 2.59. The van der Waals surface area contributed by atoms with Crippen LogP contribution >= 0.6 is 12.2 Å². The number of halogens is 1. The monoisotopic (exact) mass is 479 g/mol. The van der Waals surface area contributed by atoms with Gasteiger partial charge in [-0.3, -0.25) is 14.6 Å². The van der Waals surface area contributed by atoms with Crippen LogP contribution in [-0.2, 0) is 4.79 Å². The predicted molar refractivity (Wildman–Crippen MR) is 132 cm³/mol. The number of hydrogen-bond acceptors (Lipinski definition) is 5. The lowest BCUT2D eigenvalue weighted by Crippen LogP contribution is -2.55. The van der Waals surface area contributed by atoms with Gasteiger partial charge in [-0.05, 0) is 88.1 Å². The molecule has 0 unspecified atom stereocenters. The largest absolute Gasteiger partial charge is 0.489 e. The summed E-state index contributed by atoms with van der Waals surface area (Å²) in [6, 6.07) is 6.54. The Morgan fingerprint density at radius 3 is 2.59 bits per heavy atom.